The first-order valence-electron chi connectivity index (χ1n) is 4.60. The quantitative estimate of drug-likeness (QED) is 0.647. The lowest BCUT2D eigenvalue weighted by Gasteiger charge is -2.23. The molecule has 5 heteroatoms. The molecule has 2 fully saturated rings. The molecule has 14 heavy (non-hydrogen) atoms. The van der Waals surface area contributed by atoms with Crippen LogP contribution in [0.15, 0.2) is 11.7 Å². The number of aliphatic carboxylic acids is 1. The van der Waals surface area contributed by atoms with Gasteiger partial charge in [-0.25, -0.2) is 0 Å². The first-order valence-corrected chi connectivity index (χ1v) is 4.60. The highest BCUT2D eigenvalue weighted by Gasteiger charge is 2.34. The van der Waals surface area contributed by atoms with Gasteiger partial charge >= 0.3 is 11.9 Å². The second-order valence-corrected chi connectivity index (χ2v) is 3.60. The topological polar surface area (TPSA) is 76.0 Å². The van der Waals surface area contributed by atoms with Crippen LogP contribution < -0.4 is 0 Å². The number of carboxylic acid groups (broad SMARTS) is 1. The molecule has 0 aromatic rings. The summed E-state index contributed by atoms with van der Waals surface area (Å²) in [5, 5.41) is 18.2. The highest BCUT2D eigenvalue weighted by molar-refractivity contribution is 5.70. The Hall–Kier alpha value is -1.39. The van der Waals surface area contributed by atoms with Crippen molar-refractivity contribution in [3.05, 3.63) is 11.7 Å². The Morgan fingerprint density at radius 2 is 1.71 bits per heavy atom. The minimum atomic E-state index is -0.935. The van der Waals surface area contributed by atoms with Gasteiger partial charge in [-0.05, 0) is 12.8 Å². The molecule has 1 aliphatic carbocycles. The van der Waals surface area contributed by atoms with Crippen LogP contribution in [-0.4, -0.2) is 29.4 Å². The number of carbonyl (C=O) groups is 1. The van der Waals surface area contributed by atoms with Gasteiger partial charge in [0.05, 0.1) is 0 Å². The van der Waals surface area contributed by atoms with Gasteiger partial charge in [0.15, 0.2) is 5.76 Å². The molecule has 1 heterocycles. The summed E-state index contributed by atoms with van der Waals surface area (Å²) >= 11 is 0. The van der Waals surface area contributed by atoms with Crippen LogP contribution in [0, 0.1) is 11.8 Å². The van der Waals surface area contributed by atoms with Gasteiger partial charge < -0.3 is 19.7 Å². The molecular formula is C9H12O5. The van der Waals surface area contributed by atoms with Crippen molar-refractivity contribution in [1.82, 2.24) is 0 Å². The molecule has 0 amide bonds. The summed E-state index contributed by atoms with van der Waals surface area (Å²) < 4.78 is 10.1. The molecule has 0 aromatic heterocycles. The maximum Gasteiger partial charge on any atom is 0.319 e. The summed E-state index contributed by atoms with van der Waals surface area (Å²) in [6.45, 7) is 0.142. The minimum absolute atomic E-state index is 0.0709. The molecule has 0 unspecified atom stereocenters. The molecule has 1 saturated heterocycles. The van der Waals surface area contributed by atoms with Crippen molar-refractivity contribution < 1.29 is 24.5 Å². The molecule has 2 N–H and O–H groups in total. The normalized spacial score (nSPS) is 26.3. The molecule has 2 rings (SSSR count). The van der Waals surface area contributed by atoms with Crippen molar-refractivity contribution in [3.63, 3.8) is 0 Å². The summed E-state index contributed by atoms with van der Waals surface area (Å²) in [7, 11) is 0. The van der Waals surface area contributed by atoms with E-state index < -0.39 is 11.9 Å². The molecule has 0 aromatic carbocycles. The fraction of sp³-hybridized carbons (Fsp3) is 0.667. The van der Waals surface area contributed by atoms with Gasteiger partial charge in [0.1, 0.15) is 19.1 Å². The summed E-state index contributed by atoms with van der Waals surface area (Å²) in [4.78, 5) is 10.5. The van der Waals surface area contributed by atoms with Gasteiger partial charge in [0.2, 0.25) is 0 Å². The first kappa shape index (κ1) is 9.18. The van der Waals surface area contributed by atoms with Crippen LogP contribution in [0.1, 0.15) is 12.8 Å². The van der Waals surface area contributed by atoms with Gasteiger partial charge in [-0.15, -0.1) is 0 Å². The van der Waals surface area contributed by atoms with Crippen molar-refractivity contribution in [2.45, 2.75) is 12.8 Å². The van der Waals surface area contributed by atoms with Gasteiger partial charge in [0.25, 0.3) is 0 Å². The number of rotatable bonds is 2. The summed E-state index contributed by atoms with van der Waals surface area (Å²) in [5.41, 5.74) is 0. The fourth-order valence-corrected chi connectivity index (χ4v) is 1.26. The number of hydrogen-bond acceptors (Lipinski definition) is 4. The predicted molar refractivity (Wildman–Crippen MR) is 45.4 cm³/mol. The first-order chi connectivity index (χ1) is 6.68. The van der Waals surface area contributed by atoms with E-state index in [1.165, 1.54) is 0 Å². The van der Waals surface area contributed by atoms with Gasteiger partial charge in [-0.1, -0.05) is 0 Å². The monoisotopic (exact) mass is 200 g/mol. The lowest BCUT2D eigenvalue weighted by Crippen LogP contribution is -2.30. The van der Waals surface area contributed by atoms with E-state index in [-0.39, 0.29) is 30.8 Å². The minimum Gasteiger partial charge on any atom is -0.505 e. The second kappa shape index (κ2) is 3.40. The van der Waals surface area contributed by atoms with Crippen LogP contribution in [0.3, 0.4) is 0 Å². The van der Waals surface area contributed by atoms with Crippen LogP contribution in [0.25, 0.3) is 0 Å². The van der Waals surface area contributed by atoms with E-state index in [1.54, 1.807) is 0 Å². The highest BCUT2D eigenvalue weighted by atomic mass is 16.7. The zero-order chi connectivity index (χ0) is 10.1. The van der Waals surface area contributed by atoms with Crippen molar-refractivity contribution in [2.75, 3.05) is 13.2 Å². The van der Waals surface area contributed by atoms with Crippen LogP contribution >= 0.6 is 0 Å². The zero-order valence-electron chi connectivity index (χ0n) is 7.60. The average Bonchev–Trinajstić information content (AvgIpc) is 3.00. The van der Waals surface area contributed by atoms with E-state index in [0.717, 1.165) is 12.8 Å². The number of carboxylic acids is 1. The number of hydrogen-bond donors (Lipinski definition) is 2. The van der Waals surface area contributed by atoms with E-state index in [9.17, 15) is 9.90 Å². The summed E-state index contributed by atoms with van der Waals surface area (Å²) in [6, 6.07) is 0. The van der Waals surface area contributed by atoms with E-state index >= 15 is 0 Å². The lowest BCUT2D eigenvalue weighted by molar-refractivity contribution is -0.153. The maximum atomic E-state index is 10.5. The predicted octanol–water partition coefficient (Wildman–Crippen LogP) is 0.871. The molecular weight excluding hydrogens is 188 g/mol. The van der Waals surface area contributed by atoms with E-state index in [2.05, 4.69) is 0 Å². The van der Waals surface area contributed by atoms with Crippen LogP contribution in [-0.2, 0) is 14.3 Å². The molecule has 0 bridgehead atoms. The third-order valence-electron chi connectivity index (χ3n) is 2.35. The molecule has 78 valence electrons. The van der Waals surface area contributed by atoms with Gasteiger partial charge in [-0.3, -0.25) is 4.79 Å². The van der Waals surface area contributed by atoms with Crippen molar-refractivity contribution in [1.29, 1.82) is 0 Å². The fourth-order valence-electron chi connectivity index (χ4n) is 1.26. The molecule has 0 radical (unpaired) electrons. The van der Waals surface area contributed by atoms with Gasteiger partial charge in [0, 0.05) is 5.92 Å². The van der Waals surface area contributed by atoms with Crippen molar-refractivity contribution >= 4 is 5.97 Å². The third kappa shape index (κ3) is 1.76. The Balaban J connectivity index is 1.95. The number of aliphatic hydroxyl groups excluding tert-OH is 1. The maximum absolute atomic E-state index is 10.5. The Morgan fingerprint density at radius 1 is 1.14 bits per heavy atom. The van der Waals surface area contributed by atoms with Crippen molar-refractivity contribution in [3.8, 4) is 0 Å². The van der Waals surface area contributed by atoms with Crippen molar-refractivity contribution in [2.24, 2.45) is 11.8 Å². The Bertz CT molecular complexity index is 269. The Labute approximate surface area is 80.9 Å². The lowest BCUT2D eigenvalue weighted by atomic mass is 10.2. The summed E-state index contributed by atoms with van der Waals surface area (Å²) in [6.07, 6.45) is 1.90. The van der Waals surface area contributed by atoms with E-state index in [0.29, 0.717) is 0 Å². The average molecular weight is 200 g/mol. The second-order valence-electron chi connectivity index (χ2n) is 3.60. The zero-order valence-corrected chi connectivity index (χ0v) is 7.60. The van der Waals surface area contributed by atoms with E-state index in [1.807, 2.05) is 0 Å². The van der Waals surface area contributed by atoms with Crippen LogP contribution in [0.2, 0.25) is 0 Å². The Kier molecular flexibility index (Phi) is 2.23. The molecule has 2 aliphatic rings. The Morgan fingerprint density at radius 3 is 2.14 bits per heavy atom. The number of ether oxygens (including phenoxy) is 2. The SMILES string of the molecule is O=C(O)C1COC(=C(O)C2CC2)OC1. The van der Waals surface area contributed by atoms with E-state index in [4.69, 9.17) is 14.6 Å². The molecule has 1 saturated carbocycles. The van der Waals surface area contributed by atoms with Crippen LogP contribution in [0.4, 0.5) is 0 Å². The number of allylic oxidation sites excluding steroid dienone is 1. The highest BCUT2D eigenvalue weighted by Crippen LogP contribution is 2.37. The summed E-state index contributed by atoms with van der Waals surface area (Å²) in [5.74, 6) is -1.16. The van der Waals surface area contributed by atoms with Gasteiger partial charge in [-0.2, -0.15) is 0 Å². The molecule has 0 spiro atoms. The van der Waals surface area contributed by atoms with Crippen LogP contribution in [0.5, 0.6) is 0 Å². The molecule has 0 atom stereocenters. The smallest absolute Gasteiger partial charge is 0.319 e. The number of aliphatic hydroxyl groups is 1. The largest absolute Gasteiger partial charge is 0.505 e. The molecule has 1 aliphatic heterocycles. The third-order valence-corrected chi connectivity index (χ3v) is 2.35. The molecule has 5 nitrogen and oxygen atoms in total. The standard InChI is InChI=1S/C9H12O5/c10-7(5-1-2-5)9-13-3-6(4-14-9)8(11)12/h5-6,10H,1-4H2,(H,11,12).